The monoisotopic (exact) mass is 212 g/mol. The van der Waals surface area contributed by atoms with Crippen molar-refractivity contribution in [3.63, 3.8) is 0 Å². The molecule has 1 aromatic carbocycles. The first-order chi connectivity index (χ1) is 7.04. The number of hydrogen-bond acceptors (Lipinski definition) is 4. The second kappa shape index (κ2) is 4.90. The molecular formula is C9H10BFO4. The van der Waals surface area contributed by atoms with Crippen molar-refractivity contribution in [3.05, 3.63) is 29.6 Å². The second-order valence-electron chi connectivity index (χ2n) is 2.98. The van der Waals surface area contributed by atoms with Crippen LogP contribution in [0.15, 0.2) is 18.2 Å². The lowest BCUT2D eigenvalue weighted by atomic mass is 9.79. The van der Waals surface area contributed by atoms with Crippen LogP contribution < -0.4 is 5.46 Å². The Hall–Kier alpha value is -1.40. The number of methoxy groups -OCH3 is 1. The Bertz CT molecular complexity index is 367. The fourth-order valence-electron chi connectivity index (χ4n) is 1.13. The fourth-order valence-corrected chi connectivity index (χ4v) is 1.13. The maximum absolute atomic E-state index is 13.2. The first kappa shape index (κ1) is 11.7. The summed E-state index contributed by atoms with van der Waals surface area (Å²) in [6.07, 6.45) is -0.0464. The third kappa shape index (κ3) is 3.04. The molecular weight excluding hydrogens is 202 g/mol. The van der Waals surface area contributed by atoms with Crippen molar-refractivity contribution in [2.75, 3.05) is 7.11 Å². The van der Waals surface area contributed by atoms with Crippen LogP contribution in [-0.2, 0) is 16.0 Å². The molecule has 0 aliphatic carbocycles. The number of benzene rings is 1. The summed E-state index contributed by atoms with van der Waals surface area (Å²) in [7, 11) is -0.609. The number of halogens is 1. The fraction of sp³-hybridized carbons (Fsp3) is 0.222. The standard InChI is InChI=1S/C9H10BFO4/c1-15-9(12)5-6-2-3-7(10(13)14)8(11)4-6/h2-4,13-14H,5H2,1H3. The summed E-state index contributed by atoms with van der Waals surface area (Å²) in [6, 6.07) is 3.73. The van der Waals surface area contributed by atoms with Gasteiger partial charge in [-0.1, -0.05) is 12.1 Å². The van der Waals surface area contributed by atoms with Gasteiger partial charge in [0.1, 0.15) is 5.82 Å². The van der Waals surface area contributed by atoms with E-state index >= 15 is 0 Å². The largest absolute Gasteiger partial charge is 0.491 e. The Kier molecular flexibility index (Phi) is 3.82. The highest BCUT2D eigenvalue weighted by molar-refractivity contribution is 6.58. The summed E-state index contributed by atoms with van der Waals surface area (Å²) in [4.78, 5) is 10.9. The summed E-state index contributed by atoms with van der Waals surface area (Å²) < 4.78 is 17.6. The highest BCUT2D eigenvalue weighted by Crippen LogP contribution is 2.04. The molecule has 0 atom stereocenters. The Morgan fingerprint density at radius 2 is 2.20 bits per heavy atom. The highest BCUT2D eigenvalue weighted by Gasteiger charge is 2.16. The Labute approximate surface area is 86.4 Å². The van der Waals surface area contributed by atoms with Crippen LogP contribution in [0.2, 0.25) is 0 Å². The average Bonchev–Trinajstić information content (AvgIpc) is 2.17. The van der Waals surface area contributed by atoms with Crippen LogP contribution in [0.4, 0.5) is 4.39 Å². The SMILES string of the molecule is COC(=O)Cc1ccc(B(O)O)c(F)c1. The molecule has 0 bridgehead atoms. The topological polar surface area (TPSA) is 66.8 Å². The molecule has 0 saturated heterocycles. The maximum atomic E-state index is 13.2. The van der Waals surface area contributed by atoms with Gasteiger partial charge < -0.3 is 14.8 Å². The average molecular weight is 212 g/mol. The molecule has 0 amide bonds. The lowest BCUT2D eigenvalue weighted by Gasteiger charge is -2.04. The van der Waals surface area contributed by atoms with Gasteiger partial charge in [-0.2, -0.15) is 0 Å². The van der Waals surface area contributed by atoms with Crippen molar-refractivity contribution in [1.82, 2.24) is 0 Å². The molecule has 0 fully saturated rings. The Balaban J connectivity index is 2.87. The molecule has 0 saturated carbocycles. The number of carbonyl (C=O) groups is 1. The van der Waals surface area contributed by atoms with Crippen LogP contribution in [0, 0.1) is 5.82 Å². The number of carbonyl (C=O) groups excluding carboxylic acids is 1. The van der Waals surface area contributed by atoms with Gasteiger partial charge in [0.15, 0.2) is 0 Å². The molecule has 80 valence electrons. The van der Waals surface area contributed by atoms with E-state index in [1.54, 1.807) is 0 Å². The molecule has 0 heterocycles. The van der Waals surface area contributed by atoms with E-state index in [-0.39, 0.29) is 11.9 Å². The van der Waals surface area contributed by atoms with E-state index in [1.165, 1.54) is 19.2 Å². The van der Waals surface area contributed by atoms with Crippen molar-refractivity contribution in [1.29, 1.82) is 0 Å². The van der Waals surface area contributed by atoms with Gasteiger partial charge in [-0.05, 0) is 11.6 Å². The zero-order valence-electron chi connectivity index (χ0n) is 8.11. The van der Waals surface area contributed by atoms with Gasteiger partial charge in [-0.3, -0.25) is 4.79 Å². The van der Waals surface area contributed by atoms with Crippen molar-refractivity contribution >= 4 is 18.6 Å². The maximum Gasteiger partial charge on any atom is 0.491 e. The van der Waals surface area contributed by atoms with Gasteiger partial charge in [-0.15, -0.1) is 0 Å². The smallest absolute Gasteiger partial charge is 0.469 e. The molecule has 0 radical (unpaired) electrons. The summed E-state index contributed by atoms with van der Waals surface area (Å²) in [5.74, 6) is -1.24. The van der Waals surface area contributed by atoms with Gasteiger partial charge in [0.2, 0.25) is 0 Å². The molecule has 1 rings (SSSR count). The van der Waals surface area contributed by atoms with E-state index in [2.05, 4.69) is 4.74 Å². The van der Waals surface area contributed by atoms with Gasteiger partial charge in [0, 0.05) is 5.46 Å². The van der Waals surface area contributed by atoms with Gasteiger partial charge in [0.05, 0.1) is 13.5 Å². The molecule has 0 aliphatic rings. The van der Waals surface area contributed by atoms with Gasteiger partial charge in [0.25, 0.3) is 0 Å². The van der Waals surface area contributed by atoms with E-state index in [1.807, 2.05) is 0 Å². The third-order valence-electron chi connectivity index (χ3n) is 1.92. The van der Waals surface area contributed by atoms with Crippen molar-refractivity contribution in [3.8, 4) is 0 Å². The third-order valence-corrected chi connectivity index (χ3v) is 1.92. The molecule has 4 nitrogen and oxygen atoms in total. The van der Waals surface area contributed by atoms with Crippen molar-refractivity contribution < 1.29 is 24.0 Å². The first-order valence-electron chi connectivity index (χ1n) is 4.26. The normalized spacial score (nSPS) is 9.87. The van der Waals surface area contributed by atoms with Crippen LogP contribution in [0.5, 0.6) is 0 Å². The van der Waals surface area contributed by atoms with Crippen molar-refractivity contribution in [2.45, 2.75) is 6.42 Å². The summed E-state index contributed by atoms with van der Waals surface area (Å²) >= 11 is 0. The highest BCUT2D eigenvalue weighted by atomic mass is 19.1. The van der Waals surface area contributed by atoms with Crippen LogP contribution in [0.25, 0.3) is 0 Å². The van der Waals surface area contributed by atoms with Crippen LogP contribution >= 0.6 is 0 Å². The molecule has 6 heteroatoms. The lowest BCUT2D eigenvalue weighted by Crippen LogP contribution is -2.32. The van der Waals surface area contributed by atoms with Crippen LogP contribution in [0.1, 0.15) is 5.56 Å². The predicted octanol–water partition coefficient (Wildman–Crippen LogP) is -0.779. The van der Waals surface area contributed by atoms with Crippen LogP contribution in [-0.4, -0.2) is 30.2 Å². The molecule has 0 aliphatic heterocycles. The van der Waals surface area contributed by atoms with Crippen LogP contribution in [0.3, 0.4) is 0 Å². The molecule has 0 aromatic heterocycles. The Morgan fingerprint density at radius 1 is 1.53 bits per heavy atom. The zero-order chi connectivity index (χ0) is 11.4. The number of ether oxygens (including phenoxy) is 1. The van der Waals surface area contributed by atoms with E-state index in [0.717, 1.165) is 6.07 Å². The first-order valence-corrected chi connectivity index (χ1v) is 4.26. The zero-order valence-corrected chi connectivity index (χ0v) is 8.11. The van der Waals surface area contributed by atoms with E-state index < -0.39 is 18.9 Å². The van der Waals surface area contributed by atoms with E-state index in [9.17, 15) is 9.18 Å². The number of rotatable bonds is 3. The quantitative estimate of drug-likeness (QED) is 0.509. The van der Waals surface area contributed by atoms with E-state index in [0.29, 0.717) is 5.56 Å². The summed E-state index contributed by atoms with van der Waals surface area (Å²) in [5, 5.41) is 17.5. The second-order valence-corrected chi connectivity index (χ2v) is 2.98. The Morgan fingerprint density at radius 3 is 2.67 bits per heavy atom. The summed E-state index contributed by atoms with van der Waals surface area (Å²) in [5.41, 5.74) is 0.201. The lowest BCUT2D eigenvalue weighted by molar-refractivity contribution is -0.139. The molecule has 15 heavy (non-hydrogen) atoms. The van der Waals surface area contributed by atoms with Gasteiger partial charge in [-0.25, -0.2) is 4.39 Å². The minimum Gasteiger partial charge on any atom is -0.469 e. The molecule has 2 N–H and O–H groups in total. The molecule has 1 aromatic rings. The van der Waals surface area contributed by atoms with E-state index in [4.69, 9.17) is 10.0 Å². The minimum absolute atomic E-state index is 0.0464. The number of hydrogen-bond donors (Lipinski definition) is 2. The van der Waals surface area contributed by atoms with Gasteiger partial charge >= 0.3 is 13.1 Å². The molecule has 0 unspecified atom stereocenters. The number of esters is 1. The predicted molar refractivity (Wildman–Crippen MR) is 51.9 cm³/mol. The summed E-state index contributed by atoms with van der Waals surface area (Å²) in [6.45, 7) is 0. The van der Waals surface area contributed by atoms with Crippen molar-refractivity contribution in [2.24, 2.45) is 0 Å². The minimum atomic E-state index is -1.85. The molecule has 0 spiro atoms.